The third-order valence-corrected chi connectivity index (χ3v) is 3.49. The zero-order valence-electron chi connectivity index (χ0n) is 10.2. The van der Waals surface area contributed by atoms with Crippen molar-refractivity contribution in [1.82, 2.24) is 9.80 Å². The molecular weight excluding hydrogens is 190 g/mol. The summed E-state index contributed by atoms with van der Waals surface area (Å²) < 4.78 is 0. The van der Waals surface area contributed by atoms with E-state index in [9.17, 15) is 5.11 Å². The van der Waals surface area contributed by atoms with Crippen LogP contribution >= 0.6 is 0 Å². The molecule has 3 atom stereocenters. The average Bonchev–Trinajstić information content (AvgIpc) is 2.22. The molecule has 4 nitrogen and oxygen atoms in total. The van der Waals surface area contributed by atoms with Crippen LogP contribution in [-0.4, -0.2) is 66.3 Å². The van der Waals surface area contributed by atoms with Crippen molar-refractivity contribution in [3.63, 3.8) is 0 Å². The van der Waals surface area contributed by atoms with E-state index in [1.807, 2.05) is 0 Å². The molecule has 0 aromatic rings. The smallest absolute Gasteiger partial charge is 0.0674 e. The Labute approximate surface area is 93.0 Å². The highest BCUT2D eigenvalue weighted by Gasteiger charge is 2.26. The number of nitrogens with two attached hydrogens (primary N) is 1. The fourth-order valence-electron chi connectivity index (χ4n) is 2.15. The number of piperazine rings is 1. The van der Waals surface area contributed by atoms with Crippen LogP contribution in [0.4, 0.5) is 0 Å². The summed E-state index contributed by atoms with van der Waals surface area (Å²) in [5.41, 5.74) is 5.39. The first kappa shape index (κ1) is 12.9. The van der Waals surface area contributed by atoms with Gasteiger partial charge in [-0.15, -0.1) is 0 Å². The molecule has 0 aromatic carbocycles. The van der Waals surface area contributed by atoms with E-state index in [1.54, 1.807) is 0 Å². The number of hydrogen-bond donors (Lipinski definition) is 2. The van der Waals surface area contributed by atoms with Crippen molar-refractivity contribution >= 4 is 0 Å². The Morgan fingerprint density at radius 1 is 1.33 bits per heavy atom. The van der Waals surface area contributed by atoms with Gasteiger partial charge in [-0.2, -0.15) is 0 Å². The lowest BCUT2D eigenvalue weighted by Crippen LogP contribution is -2.55. The van der Waals surface area contributed by atoms with E-state index in [-0.39, 0.29) is 6.10 Å². The van der Waals surface area contributed by atoms with Crippen molar-refractivity contribution < 1.29 is 5.11 Å². The van der Waals surface area contributed by atoms with Crippen molar-refractivity contribution in [2.75, 3.05) is 33.2 Å². The summed E-state index contributed by atoms with van der Waals surface area (Å²) in [4.78, 5) is 4.84. The highest BCUT2D eigenvalue weighted by atomic mass is 16.3. The monoisotopic (exact) mass is 215 g/mol. The Balaban J connectivity index is 2.31. The maximum Gasteiger partial charge on any atom is 0.0674 e. The number of likely N-dealkylation sites (N-methyl/N-ethyl adjacent to an activating group) is 1. The normalized spacial score (nSPS) is 31.8. The zero-order chi connectivity index (χ0) is 11.4. The fraction of sp³-hybridized carbons (Fsp3) is 1.00. The number of aliphatic hydroxyl groups is 1. The van der Waals surface area contributed by atoms with E-state index in [0.717, 1.165) is 26.1 Å². The predicted molar refractivity (Wildman–Crippen MR) is 62.8 cm³/mol. The highest BCUT2D eigenvalue weighted by Crippen LogP contribution is 2.13. The Bertz CT molecular complexity index is 177. The van der Waals surface area contributed by atoms with Gasteiger partial charge >= 0.3 is 0 Å². The minimum atomic E-state index is -0.338. The van der Waals surface area contributed by atoms with Gasteiger partial charge in [0.1, 0.15) is 0 Å². The lowest BCUT2D eigenvalue weighted by Gasteiger charge is -2.42. The van der Waals surface area contributed by atoms with Crippen molar-refractivity contribution in [2.45, 2.75) is 38.5 Å². The van der Waals surface area contributed by atoms with Gasteiger partial charge in [-0.3, -0.25) is 4.90 Å². The largest absolute Gasteiger partial charge is 0.392 e. The van der Waals surface area contributed by atoms with Gasteiger partial charge in [0.2, 0.25) is 0 Å². The van der Waals surface area contributed by atoms with Gasteiger partial charge in [0.05, 0.1) is 6.10 Å². The second-order valence-corrected chi connectivity index (χ2v) is 4.80. The standard InChI is InChI=1S/C11H25N3O/c1-9-7-14(5-4-11(15)6-12)8-10(2)13(9)3/h9-11,15H,4-8,12H2,1-3H3. The summed E-state index contributed by atoms with van der Waals surface area (Å²) in [6, 6.07) is 1.20. The summed E-state index contributed by atoms with van der Waals surface area (Å²) in [5, 5.41) is 9.41. The van der Waals surface area contributed by atoms with Crippen LogP contribution in [0.3, 0.4) is 0 Å². The molecule has 3 unspecified atom stereocenters. The van der Waals surface area contributed by atoms with Crippen LogP contribution in [0.15, 0.2) is 0 Å². The van der Waals surface area contributed by atoms with E-state index in [4.69, 9.17) is 5.73 Å². The first-order valence-corrected chi connectivity index (χ1v) is 5.87. The lowest BCUT2D eigenvalue weighted by atomic mass is 10.1. The predicted octanol–water partition coefficient (Wildman–Crippen LogP) is -0.279. The summed E-state index contributed by atoms with van der Waals surface area (Å²) in [7, 11) is 2.18. The lowest BCUT2D eigenvalue weighted by molar-refractivity contribution is 0.0496. The van der Waals surface area contributed by atoms with E-state index in [1.165, 1.54) is 0 Å². The number of aliphatic hydroxyl groups excluding tert-OH is 1. The van der Waals surface area contributed by atoms with Crippen molar-refractivity contribution in [1.29, 1.82) is 0 Å². The fourth-order valence-corrected chi connectivity index (χ4v) is 2.15. The molecule has 1 fully saturated rings. The number of rotatable bonds is 4. The molecule has 0 bridgehead atoms. The SMILES string of the molecule is CC1CN(CCC(O)CN)CC(C)N1C. The molecule has 0 spiro atoms. The molecule has 1 rings (SSSR count). The quantitative estimate of drug-likeness (QED) is 0.677. The molecule has 1 aliphatic rings. The Morgan fingerprint density at radius 2 is 1.87 bits per heavy atom. The van der Waals surface area contributed by atoms with E-state index in [2.05, 4.69) is 30.7 Å². The van der Waals surface area contributed by atoms with Crippen molar-refractivity contribution in [3.8, 4) is 0 Å². The molecule has 0 aromatic heterocycles. The molecule has 90 valence electrons. The third kappa shape index (κ3) is 3.72. The van der Waals surface area contributed by atoms with Gasteiger partial charge in [-0.25, -0.2) is 0 Å². The van der Waals surface area contributed by atoms with Crippen LogP contribution in [0, 0.1) is 0 Å². The Hall–Kier alpha value is -0.160. The van der Waals surface area contributed by atoms with Gasteiger partial charge in [-0.1, -0.05) is 0 Å². The summed E-state index contributed by atoms with van der Waals surface area (Å²) in [5.74, 6) is 0. The van der Waals surface area contributed by atoms with E-state index < -0.39 is 0 Å². The minimum Gasteiger partial charge on any atom is -0.392 e. The second-order valence-electron chi connectivity index (χ2n) is 4.80. The van der Waals surface area contributed by atoms with Crippen molar-refractivity contribution in [2.24, 2.45) is 5.73 Å². The summed E-state index contributed by atoms with van der Waals surface area (Å²) in [6.45, 7) is 8.03. The molecule has 3 N–H and O–H groups in total. The van der Waals surface area contributed by atoms with E-state index >= 15 is 0 Å². The van der Waals surface area contributed by atoms with Crippen LogP contribution in [0.5, 0.6) is 0 Å². The zero-order valence-corrected chi connectivity index (χ0v) is 10.2. The van der Waals surface area contributed by atoms with Crippen LogP contribution < -0.4 is 5.73 Å². The molecular formula is C11H25N3O. The third-order valence-electron chi connectivity index (χ3n) is 3.49. The van der Waals surface area contributed by atoms with Crippen LogP contribution in [0.25, 0.3) is 0 Å². The highest BCUT2D eigenvalue weighted by molar-refractivity contribution is 4.82. The number of hydrogen-bond acceptors (Lipinski definition) is 4. The van der Waals surface area contributed by atoms with Crippen LogP contribution in [-0.2, 0) is 0 Å². The maximum atomic E-state index is 9.41. The van der Waals surface area contributed by atoms with Crippen molar-refractivity contribution in [3.05, 3.63) is 0 Å². The first-order valence-electron chi connectivity index (χ1n) is 5.87. The minimum absolute atomic E-state index is 0.338. The van der Waals surface area contributed by atoms with Crippen LogP contribution in [0.1, 0.15) is 20.3 Å². The second kappa shape index (κ2) is 5.80. The topological polar surface area (TPSA) is 52.7 Å². The summed E-state index contributed by atoms with van der Waals surface area (Å²) in [6.07, 6.45) is 0.454. The Morgan fingerprint density at radius 3 is 2.33 bits per heavy atom. The maximum absolute atomic E-state index is 9.41. The van der Waals surface area contributed by atoms with Gasteiger partial charge in [0.25, 0.3) is 0 Å². The molecule has 0 saturated carbocycles. The molecule has 0 amide bonds. The molecule has 1 aliphatic heterocycles. The van der Waals surface area contributed by atoms with Gasteiger partial charge in [0.15, 0.2) is 0 Å². The van der Waals surface area contributed by atoms with Gasteiger partial charge in [0, 0.05) is 38.3 Å². The first-order chi connectivity index (χ1) is 7.04. The van der Waals surface area contributed by atoms with Gasteiger partial charge < -0.3 is 15.7 Å². The summed E-state index contributed by atoms with van der Waals surface area (Å²) >= 11 is 0. The molecule has 0 aliphatic carbocycles. The average molecular weight is 215 g/mol. The molecule has 1 heterocycles. The Kier molecular flexibility index (Phi) is 4.99. The number of nitrogens with zero attached hydrogens (tertiary/aromatic N) is 2. The van der Waals surface area contributed by atoms with Gasteiger partial charge in [-0.05, 0) is 27.3 Å². The van der Waals surface area contributed by atoms with E-state index in [0.29, 0.717) is 18.6 Å². The molecule has 15 heavy (non-hydrogen) atoms. The molecule has 1 saturated heterocycles. The molecule has 0 radical (unpaired) electrons. The van der Waals surface area contributed by atoms with Crippen LogP contribution in [0.2, 0.25) is 0 Å². The molecule has 4 heteroatoms.